The van der Waals surface area contributed by atoms with E-state index in [9.17, 15) is 9.59 Å². The molecule has 0 aromatic carbocycles. The van der Waals surface area contributed by atoms with E-state index in [0.29, 0.717) is 0 Å². The molecule has 0 fully saturated rings. The molecule has 1 atom stereocenters. The fourth-order valence-electron chi connectivity index (χ4n) is 1.44. The van der Waals surface area contributed by atoms with E-state index in [2.05, 4.69) is 40.5 Å². The van der Waals surface area contributed by atoms with Crippen molar-refractivity contribution in [3.8, 4) is 11.8 Å². The van der Waals surface area contributed by atoms with Gasteiger partial charge in [-0.25, -0.2) is 9.26 Å². The third-order valence-corrected chi connectivity index (χ3v) is 2.27. The SMILES string of the molecule is CC(=O)Nc1nonc1OCC(C)Oc1nonc1NC(C)=O. The van der Waals surface area contributed by atoms with E-state index >= 15 is 0 Å². The monoisotopic (exact) mass is 326 g/mol. The third kappa shape index (κ3) is 4.66. The predicted octanol–water partition coefficient (Wildman–Crippen LogP) is 0.216. The number of aromatic nitrogens is 4. The molecule has 2 rings (SSSR count). The van der Waals surface area contributed by atoms with E-state index in [0.717, 1.165) is 0 Å². The van der Waals surface area contributed by atoms with Crippen LogP contribution in [0.3, 0.4) is 0 Å². The predicted molar refractivity (Wildman–Crippen MR) is 72.8 cm³/mol. The maximum Gasteiger partial charge on any atom is 0.301 e. The smallest absolute Gasteiger partial charge is 0.301 e. The number of ether oxygens (including phenoxy) is 2. The lowest BCUT2D eigenvalue weighted by atomic mass is 10.4. The molecule has 0 spiro atoms. The average molecular weight is 326 g/mol. The van der Waals surface area contributed by atoms with Gasteiger partial charge in [0.25, 0.3) is 0 Å². The van der Waals surface area contributed by atoms with E-state index in [4.69, 9.17) is 9.47 Å². The van der Waals surface area contributed by atoms with E-state index in [1.54, 1.807) is 6.92 Å². The first-order chi connectivity index (χ1) is 11.0. The number of rotatable bonds is 7. The second-order valence-corrected chi connectivity index (χ2v) is 4.44. The minimum absolute atomic E-state index is 0.0102. The summed E-state index contributed by atoms with van der Waals surface area (Å²) in [6, 6.07) is 0. The van der Waals surface area contributed by atoms with Gasteiger partial charge in [0, 0.05) is 13.8 Å². The Bertz CT molecular complexity index is 682. The van der Waals surface area contributed by atoms with Crippen LogP contribution >= 0.6 is 0 Å². The summed E-state index contributed by atoms with van der Waals surface area (Å²) in [6.45, 7) is 4.34. The Labute approximate surface area is 129 Å². The topological polar surface area (TPSA) is 154 Å². The van der Waals surface area contributed by atoms with E-state index in [-0.39, 0.29) is 41.8 Å². The molecule has 2 amide bonds. The zero-order valence-electron chi connectivity index (χ0n) is 12.5. The van der Waals surface area contributed by atoms with E-state index < -0.39 is 6.10 Å². The van der Waals surface area contributed by atoms with Crippen molar-refractivity contribution in [2.24, 2.45) is 0 Å². The van der Waals surface area contributed by atoms with Gasteiger partial charge in [-0.15, -0.1) is 0 Å². The van der Waals surface area contributed by atoms with Crippen molar-refractivity contribution in [2.75, 3.05) is 17.2 Å². The molecule has 12 heteroatoms. The van der Waals surface area contributed by atoms with Crippen molar-refractivity contribution in [2.45, 2.75) is 26.9 Å². The van der Waals surface area contributed by atoms with Gasteiger partial charge in [-0.05, 0) is 27.6 Å². The lowest BCUT2D eigenvalue weighted by Gasteiger charge is -2.12. The molecule has 124 valence electrons. The molecule has 2 aromatic heterocycles. The molecule has 0 bridgehead atoms. The minimum atomic E-state index is -0.503. The number of carbonyl (C=O) groups excluding carboxylic acids is 2. The molecule has 0 aliphatic rings. The summed E-state index contributed by atoms with van der Waals surface area (Å²) < 4.78 is 19.7. The van der Waals surface area contributed by atoms with Gasteiger partial charge in [0.2, 0.25) is 23.5 Å². The van der Waals surface area contributed by atoms with Crippen molar-refractivity contribution in [3.05, 3.63) is 0 Å². The molecule has 0 aliphatic heterocycles. The number of nitrogens with zero attached hydrogens (tertiary/aromatic N) is 4. The van der Waals surface area contributed by atoms with Gasteiger partial charge in [0.15, 0.2) is 0 Å². The third-order valence-electron chi connectivity index (χ3n) is 2.27. The lowest BCUT2D eigenvalue weighted by molar-refractivity contribution is -0.115. The molecular weight excluding hydrogens is 312 g/mol. The average Bonchev–Trinajstić information content (AvgIpc) is 3.05. The molecule has 0 saturated heterocycles. The van der Waals surface area contributed by atoms with Crippen molar-refractivity contribution < 1.29 is 28.3 Å². The zero-order chi connectivity index (χ0) is 16.8. The molecule has 1 unspecified atom stereocenters. The van der Waals surface area contributed by atoms with Crippen LogP contribution in [-0.2, 0) is 9.59 Å². The number of amides is 2. The summed E-state index contributed by atoms with van der Waals surface area (Å²) in [5.41, 5.74) is 0. The summed E-state index contributed by atoms with van der Waals surface area (Å²) in [5, 5.41) is 18.8. The standard InChI is InChI=1S/C11H14N6O6/c1-5(21-11-9(13-7(3)19)15-23-17-11)4-20-10-8(12-6(2)18)14-22-16-10/h5H,4H2,1-3H3,(H,12,14,18)(H,13,15,19). The quantitative estimate of drug-likeness (QED) is 0.721. The number of carbonyl (C=O) groups is 2. The van der Waals surface area contributed by atoms with Crippen molar-refractivity contribution in [1.82, 2.24) is 20.6 Å². The highest BCUT2D eigenvalue weighted by atomic mass is 16.6. The van der Waals surface area contributed by atoms with Crippen LogP contribution in [0.4, 0.5) is 11.6 Å². The van der Waals surface area contributed by atoms with Crippen LogP contribution < -0.4 is 20.1 Å². The first-order valence-electron chi connectivity index (χ1n) is 6.45. The molecule has 12 nitrogen and oxygen atoms in total. The van der Waals surface area contributed by atoms with Crippen LogP contribution in [0.5, 0.6) is 11.8 Å². The second-order valence-electron chi connectivity index (χ2n) is 4.44. The number of hydrogen-bond donors (Lipinski definition) is 2. The Morgan fingerprint density at radius 3 is 2.09 bits per heavy atom. The minimum Gasteiger partial charge on any atom is -0.469 e. The molecule has 2 aromatic rings. The maximum atomic E-state index is 11.0. The Morgan fingerprint density at radius 2 is 1.52 bits per heavy atom. The maximum absolute atomic E-state index is 11.0. The highest BCUT2D eigenvalue weighted by molar-refractivity contribution is 5.89. The van der Waals surface area contributed by atoms with Crippen LogP contribution in [0.1, 0.15) is 20.8 Å². The van der Waals surface area contributed by atoms with Crippen molar-refractivity contribution >= 4 is 23.5 Å². The van der Waals surface area contributed by atoms with Gasteiger partial charge < -0.3 is 20.1 Å². The Hall–Kier alpha value is -3.18. The lowest BCUT2D eigenvalue weighted by Crippen LogP contribution is -2.22. The molecule has 0 saturated carbocycles. The van der Waals surface area contributed by atoms with Gasteiger partial charge in [-0.3, -0.25) is 9.59 Å². The molecule has 23 heavy (non-hydrogen) atoms. The first kappa shape index (κ1) is 16.2. The normalized spacial score (nSPS) is 11.6. The summed E-state index contributed by atoms with van der Waals surface area (Å²) in [7, 11) is 0. The second kappa shape index (κ2) is 7.20. The highest BCUT2D eigenvalue weighted by Crippen LogP contribution is 2.21. The van der Waals surface area contributed by atoms with Crippen LogP contribution in [-0.4, -0.2) is 45.2 Å². The Kier molecular flexibility index (Phi) is 5.07. The molecule has 0 aliphatic carbocycles. The van der Waals surface area contributed by atoms with Crippen LogP contribution in [0.2, 0.25) is 0 Å². The molecule has 2 heterocycles. The largest absolute Gasteiger partial charge is 0.469 e. The summed E-state index contributed by atoms with van der Waals surface area (Å²) in [4.78, 5) is 22.0. The van der Waals surface area contributed by atoms with Gasteiger partial charge in [0.05, 0.1) is 0 Å². The molecule has 0 radical (unpaired) electrons. The number of hydrogen-bond acceptors (Lipinski definition) is 10. The fourth-order valence-corrected chi connectivity index (χ4v) is 1.44. The van der Waals surface area contributed by atoms with Crippen LogP contribution in [0.15, 0.2) is 9.26 Å². The Balaban J connectivity index is 1.89. The van der Waals surface area contributed by atoms with Gasteiger partial charge >= 0.3 is 11.8 Å². The Morgan fingerprint density at radius 1 is 1.00 bits per heavy atom. The number of anilines is 2. The fraction of sp³-hybridized carbons (Fsp3) is 0.455. The van der Waals surface area contributed by atoms with Crippen molar-refractivity contribution in [3.63, 3.8) is 0 Å². The summed E-state index contributed by atoms with van der Waals surface area (Å²) in [6.07, 6.45) is -0.503. The number of nitrogens with one attached hydrogen (secondary N) is 2. The molecular formula is C11H14N6O6. The van der Waals surface area contributed by atoms with Crippen molar-refractivity contribution in [1.29, 1.82) is 0 Å². The van der Waals surface area contributed by atoms with Gasteiger partial charge in [-0.2, -0.15) is 0 Å². The van der Waals surface area contributed by atoms with E-state index in [1.807, 2.05) is 0 Å². The first-order valence-corrected chi connectivity index (χ1v) is 6.45. The molecule has 2 N–H and O–H groups in total. The van der Waals surface area contributed by atoms with Crippen LogP contribution in [0.25, 0.3) is 0 Å². The van der Waals surface area contributed by atoms with Gasteiger partial charge in [0.1, 0.15) is 12.7 Å². The summed E-state index contributed by atoms with van der Waals surface area (Å²) >= 11 is 0. The summed E-state index contributed by atoms with van der Waals surface area (Å²) in [5.74, 6) is -0.544. The van der Waals surface area contributed by atoms with Crippen LogP contribution in [0, 0.1) is 0 Å². The van der Waals surface area contributed by atoms with E-state index in [1.165, 1.54) is 13.8 Å². The highest BCUT2D eigenvalue weighted by Gasteiger charge is 2.18. The van der Waals surface area contributed by atoms with Gasteiger partial charge in [-0.1, -0.05) is 0 Å². The zero-order valence-corrected chi connectivity index (χ0v) is 12.5.